The highest BCUT2D eigenvalue weighted by molar-refractivity contribution is 5.44. The van der Waals surface area contributed by atoms with Crippen LogP contribution in [0.2, 0.25) is 0 Å². The Hall–Kier alpha value is -1.29. The molecule has 0 aliphatic rings. The SMILES string of the molecule is CC(C)[C@@H](N)c1cc(N)nc(N)c1. The Morgan fingerprint density at radius 2 is 1.62 bits per heavy atom. The number of aromatic nitrogens is 1. The first-order valence-electron chi connectivity index (χ1n) is 4.29. The number of nitrogens with zero attached hydrogens (tertiary/aromatic N) is 1. The fraction of sp³-hybridized carbons (Fsp3) is 0.444. The molecule has 1 rings (SSSR count). The van der Waals surface area contributed by atoms with Gasteiger partial charge in [0.1, 0.15) is 11.6 Å². The number of rotatable bonds is 2. The molecule has 0 saturated heterocycles. The first-order chi connectivity index (χ1) is 6.00. The van der Waals surface area contributed by atoms with E-state index in [1.807, 2.05) is 0 Å². The van der Waals surface area contributed by atoms with E-state index in [4.69, 9.17) is 17.2 Å². The van der Waals surface area contributed by atoms with Crippen LogP contribution in [0.1, 0.15) is 25.5 Å². The number of anilines is 2. The normalized spacial score (nSPS) is 13.2. The average molecular weight is 180 g/mol. The minimum atomic E-state index is -0.0346. The summed E-state index contributed by atoms with van der Waals surface area (Å²) in [5, 5.41) is 0. The molecule has 4 nitrogen and oxygen atoms in total. The molecule has 0 aliphatic heterocycles. The van der Waals surface area contributed by atoms with Gasteiger partial charge in [0.15, 0.2) is 0 Å². The fourth-order valence-electron chi connectivity index (χ4n) is 1.17. The molecule has 0 saturated carbocycles. The third-order valence-corrected chi connectivity index (χ3v) is 1.99. The Balaban J connectivity index is 3.01. The first-order valence-corrected chi connectivity index (χ1v) is 4.29. The predicted octanol–water partition coefficient (Wildman–Crippen LogP) is 0.902. The quantitative estimate of drug-likeness (QED) is 0.630. The highest BCUT2D eigenvalue weighted by Crippen LogP contribution is 2.21. The lowest BCUT2D eigenvalue weighted by molar-refractivity contribution is 0.514. The van der Waals surface area contributed by atoms with Gasteiger partial charge in [0, 0.05) is 6.04 Å². The third kappa shape index (κ3) is 2.32. The summed E-state index contributed by atoms with van der Waals surface area (Å²) in [5.74, 6) is 1.21. The van der Waals surface area contributed by atoms with Crippen molar-refractivity contribution >= 4 is 11.6 Å². The van der Waals surface area contributed by atoms with E-state index in [-0.39, 0.29) is 6.04 Å². The highest BCUT2D eigenvalue weighted by atomic mass is 14.9. The van der Waals surface area contributed by atoms with Crippen LogP contribution in [0, 0.1) is 5.92 Å². The smallest absolute Gasteiger partial charge is 0.126 e. The molecule has 0 spiro atoms. The zero-order valence-corrected chi connectivity index (χ0v) is 7.99. The number of pyridine rings is 1. The average Bonchev–Trinajstić information content (AvgIpc) is 2.01. The standard InChI is InChI=1S/C9H16N4/c1-5(2)9(12)6-3-7(10)13-8(11)4-6/h3-5,9H,12H2,1-2H3,(H4,10,11,13)/t9-/m1/s1. The maximum Gasteiger partial charge on any atom is 0.126 e. The molecule has 6 N–H and O–H groups in total. The molecule has 4 heteroatoms. The van der Waals surface area contributed by atoms with Gasteiger partial charge < -0.3 is 17.2 Å². The van der Waals surface area contributed by atoms with E-state index in [0.29, 0.717) is 17.6 Å². The van der Waals surface area contributed by atoms with Crippen LogP contribution in [-0.2, 0) is 0 Å². The minimum absolute atomic E-state index is 0.0346. The van der Waals surface area contributed by atoms with Gasteiger partial charge >= 0.3 is 0 Å². The van der Waals surface area contributed by atoms with Crippen molar-refractivity contribution in [2.75, 3.05) is 11.5 Å². The summed E-state index contributed by atoms with van der Waals surface area (Å²) in [6.07, 6.45) is 0. The van der Waals surface area contributed by atoms with E-state index < -0.39 is 0 Å². The van der Waals surface area contributed by atoms with Crippen LogP contribution in [0.15, 0.2) is 12.1 Å². The molecule has 0 fully saturated rings. The molecule has 0 unspecified atom stereocenters. The number of hydrogen-bond donors (Lipinski definition) is 3. The summed E-state index contributed by atoms with van der Waals surface area (Å²) >= 11 is 0. The van der Waals surface area contributed by atoms with Crippen LogP contribution in [-0.4, -0.2) is 4.98 Å². The van der Waals surface area contributed by atoms with Gasteiger partial charge in [0.2, 0.25) is 0 Å². The molecular formula is C9H16N4. The largest absolute Gasteiger partial charge is 0.384 e. The summed E-state index contributed by atoms with van der Waals surface area (Å²) in [7, 11) is 0. The van der Waals surface area contributed by atoms with Gasteiger partial charge in [-0.3, -0.25) is 0 Å². The molecule has 72 valence electrons. The van der Waals surface area contributed by atoms with Gasteiger partial charge in [-0.1, -0.05) is 13.8 Å². The Morgan fingerprint density at radius 3 is 2.00 bits per heavy atom. The maximum absolute atomic E-state index is 5.94. The van der Waals surface area contributed by atoms with Crippen molar-refractivity contribution < 1.29 is 0 Å². The van der Waals surface area contributed by atoms with Crippen molar-refractivity contribution in [3.8, 4) is 0 Å². The minimum Gasteiger partial charge on any atom is -0.384 e. The number of nitrogen functional groups attached to an aromatic ring is 2. The molecule has 1 aromatic rings. The van der Waals surface area contributed by atoms with Gasteiger partial charge in [-0.2, -0.15) is 0 Å². The fourth-order valence-corrected chi connectivity index (χ4v) is 1.17. The third-order valence-electron chi connectivity index (χ3n) is 1.99. The summed E-state index contributed by atoms with van der Waals surface area (Å²) in [5.41, 5.74) is 18.0. The van der Waals surface area contributed by atoms with Crippen molar-refractivity contribution in [1.82, 2.24) is 4.98 Å². The molecule has 0 aromatic carbocycles. The first kappa shape index (κ1) is 9.80. The van der Waals surface area contributed by atoms with Crippen LogP contribution in [0.3, 0.4) is 0 Å². The molecule has 0 aliphatic carbocycles. The lowest BCUT2D eigenvalue weighted by Crippen LogP contribution is -2.17. The molecule has 1 atom stereocenters. The number of hydrogen-bond acceptors (Lipinski definition) is 4. The van der Waals surface area contributed by atoms with Gasteiger partial charge in [-0.05, 0) is 23.6 Å². The van der Waals surface area contributed by atoms with E-state index >= 15 is 0 Å². The summed E-state index contributed by atoms with van der Waals surface area (Å²) in [6, 6.07) is 3.50. The van der Waals surface area contributed by atoms with E-state index in [2.05, 4.69) is 18.8 Å². The van der Waals surface area contributed by atoms with Gasteiger partial charge in [-0.15, -0.1) is 0 Å². The van der Waals surface area contributed by atoms with Crippen LogP contribution in [0.4, 0.5) is 11.6 Å². The monoisotopic (exact) mass is 180 g/mol. The topological polar surface area (TPSA) is 91.0 Å². The zero-order valence-electron chi connectivity index (χ0n) is 7.99. The molecular weight excluding hydrogens is 164 g/mol. The van der Waals surface area contributed by atoms with Crippen molar-refractivity contribution in [2.45, 2.75) is 19.9 Å². The van der Waals surface area contributed by atoms with E-state index in [1.165, 1.54) is 0 Å². The number of nitrogens with two attached hydrogens (primary N) is 3. The second kappa shape index (κ2) is 3.62. The molecule has 0 amide bonds. The second-order valence-electron chi connectivity index (χ2n) is 3.52. The van der Waals surface area contributed by atoms with Crippen molar-refractivity contribution in [3.63, 3.8) is 0 Å². The molecule has 1 heterocycles. The molecule has 1 aromatic heterocycles. The predicted molar refractivity (Wildman–Crippen MR) is 54.8 cm³/mol. The maximum atomic E-state index is 5.94. The molecule has 13 heavy (non-hydrogen) atoms. The Labute approximate surface area is 78.1 Å². The van der Waals surface area contributed by atoms with Crippen LogP contribution in [0.5, 0.6) is 0 Å². The van der Waals surface area contributed by atoms with Crippen LogP contribution < -0.4 is 17.2 Å². The van der Waals surface area contributed by atoms with E-state index in [1.54, 1.807) is 12.1 Å². The second-order valence-corrected chi connectivity index (χ2v) is 3.52. The van der Waals surface area contributed by atoms with Crippen LogP contribution in [0.25, 0.3) is 0 Å². The molecule has 0 bridgehead atoms. The lowest BCUT2D eigenvalue weighted by atomic mass is 9.98. The summed E-state index contributed by atoms with van der Waals surface area (Å²) < 4.78 is 0. The Morgan fingerprint density at radius 1 is 1.15 bits per heavy atom. The summed E-state index contributed by atoms with van der Waals surface area (Å²) in [6.45, 7) is 4.11. The molecule has 0 radical (unpaired) electrons. The van der Waals surface area contributed by atoms with Gasteiger partial charge in [0.05, 0.1) is 0 Å². The Bertz CT molecular complexity index is 275. The van der Waals surface area contributed by atoms with Gasteiger partial charge in [0.25, 0.3) is 0 Å². The van der Waals surface area contributed by atoms with Gasteiger partial charge in [-0.25, -0.2) is 4.98 Å². The van der Waals surface area contributed by atoms with Crippen molar-refractivity contribution in [2.24, 2.45) is 11.7 Å². The van der Waals surface area contributed by atoms with E-state index in [9.17, 15) is 0 Å². The van der Waals surface area contributed by atoms with Crippen molar-refractivity contribution in [1.29, 1.82) is 0 Å². The van der Waals surface area contributed by atoms with Crippen LogP contribution >= 0.6 is 0 Å². The summed E-state index contributed by atoms with van der Waals surface area (Å²) in [4.78, 5) is 3.88. The zero-order chi connectivity index (χ0) is 10.0. The highest BCUT2D eigenvalue weighted by Gasteiger charge is 2.11. The van der Waals surface area contributed by atoms with E-state index in [0.717, 1.165) is 5.56 Å². The lowest BCUT2D eigenvalue weighted by Gasteiger charge is -2.16. The van der Waals surface area contributed by atoms with Crippen molar-refractivity contribution in [3.05, 3.63) is 17.7 Å². The Kier molecular flexibility index (Phi) is 2.72.